The van der Waals surface area contributed by atoms with Gasteiger partial charge in [0.05, 0.1) is 0 Å². The lowest BCUT2D eigenvalue weighted by Gasteiger charge is -2.08. The molecule has 23 heavy (non-hydrogen) atoms. The van der Waals surface area contributed by atoms with Crippen molar-refractivity contribution in [3.8, 4) is 11.4 Å². The molecule has 0 unspecified atom stereocenters. The Labute approximate surface area is 143 Å². The summed E-state index contributed by atoms with van der Waals surface area (Å²) >= 11 is 0. The zero-order valence-electron chi connectivity index (χ0n) is 12.8. The first-order chi connectivity index (χ1) is 11.3. The molecule has 0 aliphatic carbocycles. The average Bonchev–Trinajstić information content (AvgIpc) is 3.25. The van der Waals surface area contributed by atoms with E-state index in [9.17, 15) is 4.79 Å². The fourth-order valence-electron chi connectivity index (χ4n) is 2.53. The molecule has 1 aliphatic rings. The Balaban J connectivity index is 1.43. The second-order valence-electron chi connectivity index (χ2n) is 5.54. The summed E-state index contributed by atoms with van der Waals surface area (Å²) in [6, 6.07) is 7.64. The highest BCUT2D eigenvalue weighted by Gasteiger charge is 2.15. The summed E-state index contributed by atoms with van der Waals surface area (Å²) in [6.07, 6.45) is 6.68. The summed E-state index contributed by atoms with van der Waals surface area (Å²) in [5, 5.41) is 10.4. The number of aromatic amines is 1. The second-order valence-corrected chi connectivity index (χ2v) is 8.33. The van der Waals surface area contributed by atoms with E-state index in [4.69, 9.17) is 0 Å². The van der Waals surface area contributed by atoms with Gasteiger partial charge in [-0.1, -0.05) is 40.1 Å². The third-order valence-electron chi connectivity index (χ3n) is 3.74. The number of nitrogens with zero attached hydrogens (tertiary/aromatic N) is 2. The smallest absolute Gasteiger partial charge is 0.224 e. The molecule has 1 atom stereocenters. The Morgan fingerprint density at radius 2 is 2.35 bits per heavy atom. The van der Waals surface area contributed by atoms with Crippen LogP contribution < -0.4 is 5.32 Å². The van der Waals surface area contributed by atoms with Gasteiger partial charge in [0.15, 0.2) is 5.82 Å². The van der Waals surface area contributed by atoms with E-state index >= 15 is 0 Å². The van der Waals surface area contributed by atoms with Gasteiger partial charge in [0.1, 0.15) is 6.33 Å². The van der Waals surface area contributed by atoms with Gasteiger partial charge in [-0.15, -0.1) is 0 Å². The minimum Gasteiger partial charge on any atom is -0.326 e. The maximum absolute atomic E-state index is 12.1. The Hall–Kier alpha value is -1.47. The average molecular weight is 348 g/mol. The van der Waals surface area contributed by atoms with E-state index in [-0.39, 0.29) is 5.91 Å². The van der Waals surface area contributed by atoms with Crippen molar-refractivity contribution in [2.24, 2.45) is 0 Å². The fraction of sp³-hybridized carbons (Fsp3) is 0.438. The topological polar surface area (TPSA) is 70.7 Å². The van der Waals surface area contributed by atoms with Crippen molar-refractivity contribution in [1.82, 2.24) is 15.2 Å². The number of aromatic nitrogens is 3. The van der Waals surface area contributed by atoms with E-state index in [1.807, 2.05) is 45.9 Å². The first-order valence-electron chi connectivity index (χ1n) is 7.85. The molecule has 2 heterocycles. The first kappa shape index (κ1) is 16.4. The molecule has 1 amide bonds. The first-order valence-corrected chi connectivity index (χ1v) is 10.2. The number of nitrogens with one attached hydrogen (secondary N) is 2. The Bertz CT molecular complexity index is 627. The van der Waals surface area contributed by atoms with Crippen molar-refractivity contribution in [1.29, 1.82) is 0 Å². The van der Waals surface area contributed by atoms with Crippen LogP contribution in [-0.4, -0.2) is 32.1 Å². The highest BCUT2D eigenvalue weighted by atomic mass is 33.1. The van der Waals surface area contributed by atoms with Crippen molar-refractivity contribution in [3.05, 3.63) is 30.6 Å². The lowest BCUT2D eigenvalue weighted by Crippen LogP contribution is -2.11. The van der Waals surface area contributed by atoms with Crippen molar-refractivity contribution < 1.29 is 4.79 Å². The number of hydrogen-bond acceptors (Lipinski definition) is 5. The van der Waals surface area contributed by atoms with Crippen LogP contribution in [0.3, 0.4) is 0 Å². The van der Waals surface area contributed by atoms with Crippen molar-refractivity contribution >= 4 is 33.2 Å². The monoisotopic (exact) mass is 348 g/mol. The summed E-state index contributed by atoms with van der Waals surface area (Å²) in [5.74, 6) is 2.05. The van der Waals surface area contributed by atoms with Crippen LogP contribution in [0.4, 0.5) is 5.69 Å². The summed E-state index contributed by atoms with van der Waals surface area (Å²) < 4.78 is 0. The summed E-state index contributed by atoms with van der Waals surface area (Å²) in [5.41, 5.74) is 1.71. The van der Waals surface area contributed by atoms with Gasteiger partial charge in [0.25, 0.3) is 0 Å². The largest absolute Gasteiger partial charge is 0.326 e. The van der Waals surface area contributed by atoms with E-state index in [2.05, 4.69) is 20.5 Å². The highest BCUT2D eigenvalue weighted by Crippen LogP contribution is 2.39. The number of anilines is 1. The molecule has 1 saturated heterocycles. The third-order valence-corrected chi connectivity index (χ3v) is 6.75. The minimum absolute atomic E-state index is 0.0770. The molecule has 1 fully saturated rings. The molecule has 1 aliphatic heterocycles. The SMILES string of the molecule is O=C(CCCC[C@H]1CCSS1)Nc1cccc(-c2ncn[nH]2)c1. The zero-order valence-corrected chi connectivity index (χ0v) is 14.5. The highest BCUT2D eigenvalue weighted by molar-refractivity contribution is 8.77. The molecule has 3 rings (SSSR count). The van der Waals surface area contributed by atoms with Crippen molar-refractivity contribution in [3.63, 3.8) is 0 Å². The Kier molecular flexibility index (Phi) is 5.99. The Morgan fingerprint density at radius 3 is 3.13 bits per heavy atom. The quantitative estimate of drug-likeness (QED) is 0.582. The summed E-state index contributed by atoms with van der Waals surface area (Å²) in [7, 11) is 3.98. The molecular formula is C16H20N4OS2. The van der Waals surface area contributed by atoms with Crippen LogP contribution >= 0.6 is 21.6 Å². The Morgan fingerprint density at radius 1 is 1.39 bits per heavy atom. The van der Waals surface area contributed by atoms with E-state index in [0.29, 0.717) is 12.2 Å². The van der Waals surface area contributed by atoms with E-state index < -0.39 is 0 Å². The summed E-state index contributed by atoms with van der Waals surface area (Å²) in [4.78, 5) is 16.2. The standard InChI is InChI=1S/C16H20N4OS2/c21-15(7-2-1-6-14-8-9-22-23-14)19-13-5-3-4-12(10-13)16-17-11-18-20-16/h3-5,10-11,14H,1-2,6-9H2,(H,19,21)(H,17,18,20)/t14-/m0/s1. The van der Waals surface area contributed by atoms with Crippen LogP contribution in [0.5, 0.6) is 0 Å². The summed E-state index contributed by atoms with van der Waals surface area (Å²) in [6.45, 7) is 0. The molecule has 5 nitrogen and oxygen atoms in total. The minimum atomic E-state index is 0.0770. The lowest BCUT2D eigenvalue weighted by atomic mass is 10.1. The van der Waals surface area contributed by atoms with Crippen molar-refractivity contribution in [2.45, 2.75) is 37.4 Å². The number of H-pyrrole nitrogens is 1. The molecule has 7 heteroatoms. The molecule has 1 aromatic carbocycles. The maximum Gasteiger partial charge on any atom is 0.224 e. The number of amides is 1. The van der Waals surface area contributed by atoms with E-state index in [1.54, 1.807) is 0 Å². The molecule has 0 spiro atoms. The molecule has 2 aromatic rings. The predicted octanol–water partition coefficient (Wildman–Crippen LogP) is 4.12. The number of unbranched alkanes of at least 4 members (excludes halogenated alkanes) is 1. The van der Waals surface area contributed by atoms with Gasteiger partial charge >= 0.3 is 0 Å². The molecule has 1 aromatic heterocycles. The lowest BCUT2D eigenvalue weighted by molar-refractivity contribution is -0.116. The van der Waals surface area contributed by atoms with Gasteiger partial charge in [-0.2, -0.15) is 5.10 Å². The maximum atomic E-state index is 12.1. The number of carbonyl (C=O) groups excluding carboxylic acids is 1. The molecule has 122 valence electrons. The van der Waals surface area contributed by atoms with E-state index in [1.165, 1.54) is 24.9 Å². The zero-order chi connectivity index (χ0) is 15.9. The van der Waals surface area contributed by atoms with Crippen molar-refractivity contribution in [2.75, 3.05) is 11.1 Å². The van der Waals surface area contributed by atoms with Gasteiger partial charge < -0.3 is 5.32 Å². The van der Waals surface area contributed by atoms with Gasteiger partial charge in [0.2, 0.25) is 5.91 Å². The molecule has 0 bridgehead atoms. The van der Waals surface area contributed by atoms with Gasteiger partial charge in [0, 0.05) is 28.7 Å². The van der Waals surface area contributed by atoms with Gasteiger partial charge in [-0.3, -0.25) is 9.89 Å². The number of carbonyl (C=O) groups is 1. The number of rotatable bonds is 7. The van der Waals surface area contributed by atoms with Crippen LogP contribution in [-0.2, 0) is 4.79 Å². The van der Waals surface area contributed by atoms with Crippen LogP contribution in [0.2, 0.25) is 0 Å². The molecule has 0 radical (unpaired) electrons. The van der Waals surface area contributed by atoms with Crippen LogP contribution in [0, 0.1) is 0 Å². The van der Waals surface area contributed by atoms with E-state index in [0.717, 1.165) is 29.3 Å². The molecular weight excluding hydrogens is 328 g/mol. The second kappa shape index (κ2) is 8.40. The van der Waals surface area contributed by atoms with Crippen LogP contribution in [0.25, 0.3) is 11.4 Å². The predicted molar refractivity (Wildman–Crippen MR) is 97.4 cm³/mol. The van der Waals surface area contributed by atoms with Gasteiger partial charge in [-0.25, -0.2) is 4.98 Å². The fourth-order valence-corrected chi connectivity index (χ4v) is 5.56. The molecule has 0 saturated carbocycles. The normalized spacial score (nSPS) is 17.3. The van der Waals surface area contributed by atoms with Gasteiger partial charge in [-0.05, 0) is 31.4 Å². The van der Waals surface area contributed by atoms with Crippen LogP contribution in [0.15, 0.2) is 30.6 Å². The number of hydrogen-bond donors (Lipinski definition) is 2. The van der Waals surface area contributed by atoms with Crippen LogP contribution in [0.1, 0.15) is 32.1 Å². The molecule has 2 N–H and O–H groups in total. The number of benzene rings is 1. The third kappa shape index (κ3) is 5.00.